The Morgan fingerprint density at radius 2 is 1.58 bits per heavy atom. The highest BCUT2D eigenvalue weighted by Gasteiger charge is 2.19. The van der Waals surface area contributed by atoms with Gasteiger partial charge in [-0.15, -0.1) is 0 Å². The molecule has 1 heterocycles. The number of unbranched alkanes of at least 4 members (excludes halogenated alkanes) is 7. The van der Waals surface area contributed by atoms with Crippen LogP contribution in [0.2, 0.25) is 0 Å². The molecule has 0 spiro atoms. The summed E-state index contributed by atoms with van der Waals surface area (Å²) in [7, 11) is 0. The van der Waals surface area contributed by atoms with Crippen LogP contribution in [0.1, 0.15) is 93.0 Å². The minimum absolute atomic E-state index is 0.0451. The van der Waals surface area contributed by atoms with Crippen LogP contribution in [0.5, 0.6) is 0 Å². The fourth-order valence-corrected chi connectivity index (χ4v) is 4.23. The van der Waals surface area contributed by atoms with E-state index < -0.39 is 0 Å². The number of rotatable bonds is 12. The van der Waals surface area contributed by atoms with E-state index >= 15 is 0 Å². The maximum absolute atomic E-state index is 12.8. The Balaban J connectivity index is 1.66. The predicted octanol–water partition coefficient (Wildman–Crippen LogP) is 6.98. The van der Waals surface area contributed by atoms with E-state index in [1.54, 1.807) is 0 Å². The van der Waals surface area contributed by atoms with Gasteiger partial charge in [-0.2, -0.15) is 0 Å². The van der Waals surface area contributed by atoms with Crippen LogP contribution < -0.4 is 5.32 Å². The van der Waals surface area contributed by atoms with E-state index in [1.165, 1.54) is 44.9 Å². The fourth-order valence-electron chi connectivity index (χ4n) is 4.23. The lowest BCUT2D eigenvalue weighted by Crippen LogP contribution is -2.29. The Bertz CT molecular complexity index is 976. The van der Waals surface area contributed by atoms with Crippen molar-refractivity contribution in [1.29, 1.82) is 0 Å². The van der Waals surface area contributed by atoms with Gasteiger partial charge in [0.15, 0.2) is 0 Å². The first-order valence-electron chi connectivity index (χ1n) is 11.9. The second-order valence-electron chi connectivity index (χ2n) is 8.60. The topological polar surface area (TPSA) is 46.9 Å². The highest BCUT2D eigenvalue weighted by molar-refractivity contribution is 5.95. The third-order valence-corrected chi connectivity index (χ3v) is 6.04. The summed E-state index contributed by atoms with van der Waals surface area (Å²) in [6, 6.07) is 15.8. The van der Waals surface area contributed by atoms with Crippen molar-refractivity contribution >= 4 is 16.9 Å². The molecule has 1 aromatic heterocycles. The maximum Gasteiger partial charge on any atom is 0.252 e. The molecule has 3 aromatic rings. The van der Waals surface area contributed by atoms with E-state index in [-0.39, 0.29) is 11.9 Å². The molecule has 31 heavy (non-hydrogen) atoms. The average Bonchev–Trinajstić information content (AvgIpc) is 3.14. The summed E-state index contributed by atoms with van der Waals surface area (Å²) >= 11 is 0. The van der Waals surface area contributed by atoms with Crippen molar-refractivity contribution < 1.29 is 4.79 Å². The van der Waals surface area contributed by atoms with Gasteiger partial charge in [0.2, 0.25) is 0 Å². The maximum atomic E-state index is 12.8. The monoisotopic (exact) mass is 419 g/mol. The molecule has 1 N–H and O–H groups in total. The van der Waals surface area contributed by atoms with E-state index in [2.05, 4.69) is 35.0 Å². The standard InChI is InChI=1S/C27H37N3O/c1-4-5-6-7-8-9-10-15-20-30-25-19-14-13-18-24(25)29-26(30)22(3)28-27(31)23-17-12-11-16-21(23)2/h11-14,16-19,22H,4-10,15,20H2,1-3H3,(H,28,31). The molecular formula is C27H37N3O. The lowest BCUT2D eigenvalue weighted by Gasteiger charge is -2.17. The number of imidazole rings is 1. The number of amides is 1. The molecule has 0 fully saturated rings. The highest BCUT2D eigenvalue weighted by Crippen LogP contribution is 2.22. The van der Waals surface area contributed by atoms with Crippen LogP contribution in [-0.4, -0.2) is 15.5 Å². The van der Waals surface area contributed by atoms with Gasteiger partial charge in [0.1, 0.15) is 5.82 Å². The van der Waals surface area contributed by atoms with Crippen molar-refractivity contribution in [3.63, 3.8) is 0 Å². The molecule has 0 saturated heterocycles. The normalized spacial score (nSPS) is 12.2. The van der Waals surface area contributed by atoms with Crippen LogP contribution in [0.25, 0.3) is 11.0 Å². The number of hydrogen-bond donors (Lipinski definition) is 1. The number of para-hydroxylation sites is 2. The van der Waals surface area contributed by atoms with Gasteiger partial charge < -0.3 is 9.88 Å². The Morgan fingerprint density at radius 3 is 2.32 bits per heavy atom. The zero-order valence-electron chi connectivity index (χ0n) is 19.4. The minimum atomic E-state index is -0.159. The number of hydrogen-bond acceptors (Lipinski definition) is 2. The first kappa shape index (κ1) is 23.1. The SMILES string of the molecule is CCCCCCCCCCn1c(C(C)NC(=O)c2ccccc2C)nc2ccccc21. The van der Waals surface area contributed by atoms with Crippen LogP contribution in [-0.2, 0) is 6.54 Å². The van der Waals surface area contributed by atoms with Gasteiger partial charge in [-0.25, -0.2) is 4.98 Å². The van der Waals surface area contributed by atoms with Crippen molar-refractivity contribution in [1.82, 2.24) is 14.9 Å². The molecule has 1 atom stereocenters. The van der Waals surface area contributed by atoms with Gasteiger partial charge >= 0.3 is 0 Å². The molecule has 2 aromatic carbocycles. The third-order valence-electron chi connectivity index (χ3n) is 6.04. The summed E-state index contributed by atoms with van der Waals surface area (Å²) in [5, 5.41) is 3.16. The summed E-state index contributed by atoms with van der Waals surface area (Å²) in [6.07, 6.45) is 10.4. The van der Waals surface area contributed by atoms with Crippen molar-refractivity contribution in [2.75, 3.05) is 0 Å². The molecule has 0 radical (unpaired) electrons. The van der Waals surface area contributed by atoms with Crippen molar-refractivity contribution in [2.24, 2.45) is 0 Å². The van der Waals surface area contributed by atoms with Crippen molar-refractivity contribution in [3.8, 4) is 0 Å². The first-order valence-corrected chi connectivity index (χ1v) is 11.9. The summed E-state index contributed by atoms with van der Waals surface area (Å²) in [5.74, 6) is 0.891. The number of benzene rings is 2. The number of aromatic nitrogens is 2. The van der Waals surface area contributed by atoms with Crippen LogP contribution in [0.3, 0.4) is 0 Å². The summed E-state index contributed by atoms with van der Waals surface area (Å²) < 4.78 is 2.30. The molecule has 0 aliphatic carbocycles. The zero-order valence-corrected chi connectivity index (χ0v) is 19.4. The number of carbonyl (C=O) groups excluding carboxylic acids is 1. The first-order chi connectivity index (χ1) is 15.1. The molecule has 0 aliphatic rings. The summed E-state index contributed by atoms with van der Waals surface area (Å²) in [5.41, 5.74) is 3.85. The molecule has 166 valence electrons. The van der Waals surface area contributed by atoms with E-state index in [0.717, 1.165) is 41.0 Å². The van der Waals surface area contributed by atoms with Crippen LogP contribution in [0.4, 0.5) is 0 Å². The molecule has 1 amide bonds. The Labute approximate surface area is 187 Å². The quantitative estimate of drug-likeness (QED) is 0.322. The van der Waals surface area contributed by atoms with Crippen molar-refractivity contribution in [2.45, 2.75) is 84.7 Å². The predicted molar refractivity (Wildman–Crippen MR) is 129 cm³/mol. The zero-order chi connectivity index (χ0) is 22.1. The third kappa shape index (κ3) is 6.19. The van der Waals surface area contributed by atoms with Crippen LogP contribution >= 0.6 is 0 Å². The molecule has 1 unspecified atom stereocenters. The van der Waals surface area contributed by atoms with Crippen LogP contribution in [0, 0.1) is 6.92 Å². The fraction of sp³-hybridized carbons (Fsp3) is 0.481. The molecule has 4 nitrogen and oxygen atoms in total. The van der Waals surface area contributed by atoms with E-state index in [4.69, 9.17) is 4.98 Å². The summed E-state index contributed by atoms with van der Waals surface area (Å²) in [4.78, 5) is 17.7. The number of nitrogens with zero attached hydrogens (tertiary/aromatic N) is 2. The Kier molecular flexibility index (Phi) is 8.69. The molecule has 4 heteroatoms. The lowest BCUT2D eigenvalue weighted by molar-refractivity contribution is 0.0937. The van der Waals surface area contributed by atoms with Gasteiger partial charge in [-0.1, -0.05) is 82.2 Å². The van der Waals surface area contributed by atoms with Gasteiger partial charge in [-0.05, 0) is 44.0 Å². The average molecular weight is 420 g/mol. The molecule has 0 saturated carbocycles. The molecular weight excluding hydrogens is 382 g/mol. The Hall–Kier alpha value is -2.62. The van der Waals surface area contributed by atoms with Gasteiger partial charge in [0.05, 0.1) is 17.1 Å². The smallest absolute Gasteiger partial charge is 0.252 e. The summed E-state index contributed by atoms with van der Waals surface area (Å²) in [6.45, 7) is 7.20. The number of carbonyl (C=O) groups is 1. The number of fused-ring (bicyclic) bond motifs is 1. The molecule has 0 bridgehead atoms. The molecule has 3 rings (SSSR count). The highest BCUT2D eigenvalue weighted by atomic mass is 16.1. The molecule has 0 aliphatic heterocycles. The Morgan fingerprint density at radius 1 is 0.935 bits per heavy atom. The minimum Gasteiger partial charge on any atom is -0.342 e. The second-order valence-corrected chi connectivity index (χ2v) is 8.60. The van der Waals surface area contributed by atoms with Gasteiger partial charge in [0, 0.05) is 12.1 Å². The van der Waals surface area contributed by atoms with E-state index in [0.29, 0.717) is 0 Å². The number of aryl methyl sites for hydroxylation is 2. The second kappa shape index (κ2) is 11.7. The lowest BCUT2D eigenvalue weighted by atomic mass is 10.1. The van der Waals surface area contributed by atoms with Gasteiger partial charge in [0.25, 0.3) is 5.91 Å². The van der Waals surface area contributed by atoms with Crippen LogP contribution in [0.15, 0.2) is 48.5 Å². The van der Waals surface area contributed by atoms with Gasteiger partial charge in [-0.3, -0.25) is 4.79 Å². The largest absolute Gasteiger partial charge is 0.342 e. The number of nitrogens with one attached hydrogen (secondary N) is 1. The van der Waals surface area contributed by atoms with E-state index in [9.17, 15) is 4.79 Å². The van der Waals surface area contributed by atoms with E-state index in [1.807, 2.05) is 44.2 Å². The van der Waals surface area contributed by atoms with Crippen molar-refractivity contribution in [3.05, 3.63) is 65.5 Å².